The number of hydrogen-bond acceptors (Lipinski definition) is 5. The number of amides is 2. The number of nitrogens with one attached hydrogen (secondary N) is 1. The molecule has 1 atom stereocenters. The van der Waals surface area contributed by atoms with Crippen LogP contribution in [-0.2, 0) is 10.6 Å². The van der Waals surface area contributed by atoms with Gasteiger partial charge in [-0.15, -0.1) is 11.6 Å². The van der Waals surface area contributed by atoms with Crippen LogP contribution in [-0.4, -0.2) is 36.2 Å². The fourth-order valence-corrected chi connectivity index (χ4v) is 2.10. The van der Waals surface area contributed by atoms with Crippen molar-refractivity contribution in [3.63, 3.8) is 0 Å². The molecule has 3 N–H and O–H groups in total. The normalized spacial score (nSPS) is 18.5. The minimum atomic E-state index is -0.855. The van der Waals surface area contributed by atoms with Crippen molar-refractivity contribution in [2.45, 2.75) is 24.8 Å². The lowest BCUT2D eigenvalue weighted by Crippen LogP contribution is -2.33. The molecule has 0 aromatic carbocycles. The molecule has 0 saturated carbocycles. The summed E-state index contributed by atoms with van der Waals surface area (Å²) in [5, 5.41) is 6.22. The smallest absolute Gasteiger partial charge is 0.288 e. The average molecular weight is 288 g/mol. The minimum Gasteiger partial charge on any atom is -0.376 e. The van der Waals surface area contributed by atoms with E-state index in [1.807, 2.05) is 0 Å². The van der Waals surface area contributed by atoms with Crippen molar-refractivity contribution in [1.82, 2.24) is 10.5 Å². The molecule has 0 aliphatic carbocycles. The van der Waals surface area contributed by atoms with Gasteiger partial charge in [-0.3, -0.25) is 9.59 Å². The number of alkyl halides is 1. The molecule has 1 fully saturated rings. The number of rotatable bonds is 5. The molecule has 0 radical (unpaired) electrons. The molecule has 8 heteroatoms. The molecule has 1 aliphatic heterocycles. The van der Waals surface area contributed by atoms with E-state index in [1.165, 1.54) is 0 Å². The lowest BCUT2D eigenvalue weighted by atomic mass is 10.1. The third-order valence-electron chi connectivity index (χ3n) is 2.85. The van der Waals surface area contributed by atoms with Gasteiger partial charge in [-0.1, -0.05) is 5.16 Å². The first-order valence-electron chi connectivity index (χ1n) is 5.87. The predicted molar refractivity (Wildman–Crippen MR) is 65.9 cm³/mol. The lowest BCUT2D eigenvalue weighted by molar-refractivity contribution is 0.0848. The van der Waals surface area contributed by atoms with Crippen LogP contribution in [0.1, 0.15) is 39.4 Å². The van der Waals surface area contributed by atoms with Gasteiger partial charge in [0.15, 0.2) is 0 Å². The number of carbonyl (C=O) groups is 2. The molecule has 0 spiro atoms. The number of ether oxygens (including phenoxy) is 1. The van der Waals surface area contributed by atoms with E-state index in [1.54, 1.807) is 0 Å². The third kappa shape index (κ3) is 3.05. The predicted octanol–water partition coefficient (Wildman–Crippen LogP) is 0.421. The van der Waals surface area contributed by atoms with Crippen molar-refractivity contribution >= 4 is 23.4 Å². The van der Waals surface area contributed by atoms with Gasteiger partial charge in [0.2, 0.25) is 5.76 Å². The van der Waals surface area contributed by atoms with Crippen molar-refractivity contribution in [3.05, 3.63) is 17.0 Å². The quantitative estimate of drug-likeness (QED) is 0.763. The minimum absolute atomic E-state index is 0.000268. The molecule has 2 heterocycles. The molecule has 2 amide bonds. The van der Waals surface area contributed by atoms with Crippen LogP contribution in [0.25, 0.3) is 0 Å². The maximum atomic E-state index is 12.0. The monoisotopic (exact) mass is 287 g/mol. The van der Waals surface area contributed by atoms with Gasteiger partial charge < -0.3 is 20.3 Å². The molecular formula is C11H14ClN3O4. The van der Waals surface area contributed by atoms with Gasteiger partial charge in [-0.25, -0.2) is 0 Å². The van der Waals surface area contributed by atoms with Gasteiger partial charge >= 0.3 is 0 Å². The largest absolute Gasteiger partial charge is 0.376 e. The summed E-state index contributed by atoms with van der Waals surface area (Å²) in [6.45, 7) is 1.07. The number of aromatic nitrogens is 1. The number of halogens is 1. The molecule has 1 saturated heterocycles. The summed E-state index contributed by atoms with van der Waals surface area (Å²) in [6.07, 6.45) is 1.88. The number of carbonyl (C=O) groups excluding carboxylic acids is 2. The van der Waals surface area contributed by atoms with Crippen LogP contribution >= 0.6 is 11.6 Å². The molecule has 1 unspecified atom stereocenters. The van der Waals surface area contributed by atoms with E-state index in [2.05, 4.69) is 10.5 Å². The molecule has 1 aromatic rings. The fraction of sp³-hybridized carbons (Fsp3) is 0.545. The average Bonchev–Trinajstić information content (AvgIpc) is 3.04. The van der Waals surface area contributed by atoms with E-state index in [-0.39, 0.29) is 29.0 Å². The van der Waals surface area contributed by atoms with Crippen LogP contribution in [0.15, 0.2) is 4.52 Å². The van der Waals surface area contributed by atoms with Gasteiger partial charge in [0.1, 0.15) is 11.3 Å². The lowest BCUT2D eigenvalue weighted by Gasteiger charge is -2.10. The highest BCUT2D eigenvalue weighted by molar-refractivity contribution is 6.18. The van der Waals surface area contributed by atoms with Crippen LogP contribution in [0.5, 0.6) is 0 Å². The number of hydrogen-bond donors (Lipinski definition) is 2. The Morgan fingerprint density at radius 1 is 1.53 bits per heavy atom. The van der Waals surface area contributed by atoms with Gasteiger partial charge in [0.25, 0.3) is 11.8 Å². The third-order valence-corrected chi connectivity index (χ3v) is 3.11. The van der Waals surface area contributed by atoms with Crippen LogP contribution in [0, 0.1) is 0 Å². The number of primary amides is 1. The highest BCUT2D eigenvalue weighted by Gasteiger charge is 2.26. The second-order valence-corrected chi connectivity index (χ2v) is 4.44. The van der Waals surface area contributed by atoms with Gasteiger partial charge in [0, 0.05) is 13.2 Å². The van der Waals surface area contributed by atoms with Crippen molar-refractivity contribution in [1.29, 1.82) is 0 Å². The van der Waals surface area contributed by atoms with Crippen LogP contribution in [0.4, 0.5) is 0 Å². The molecule has 104 valence electrons. The summed E-state index contributed by atoms with van der Waals surface area (Å²) in [5.74, 6) is -1.66. The zero-order valence-electron chi connectivity index (χ0n) is 10.1. The zero-order chi connectivity index (χ0) is 13.8. The Morgan fingerprint density at radius 3 is 2.89 bits per heavy atom. The highest BCUT2D eigenvalue weighted by atomic mass is 35.5. The van der Waals surface area contributed by atoms with Gasteiger partial charge in [-0.2, -0.15) is 0 Å². The topological polar surface area (TPSA) is 107 Å². The molecular weight excluding hydrogens is 274 g/mol. The zero-order valence-corrected chi connectivity index (χ0v) is 10.9. The van der Waals surface area contributed by atoms with E-state index < -0.39 is 11.8 Å². The Kier molecular flexibility index (Phi) is 4.39. The van der Waals surface area contributed by atoms with Crippen LogP contribution < -0.4 is 11.1 Å². The maximum absolute atomic E-state index is 12.0. The van der Waals surface area contributed by atoms with Crippen LogP contribution in [0.3, 0.4) is 0 Å². The molecule has 1 aromatic heterocycles. The van der Waals surface area contributed by atoms with E-state index in [9.17, 15) is 9.59 Å². The second-order valence-electron chi connectivity index (χ2n) is 4.18. The van der Waals surface area contributed by atoms with Crippen LogP contribution in [0.2, 0.25) is 0 Å². The summed E-state index contributed by atoms with van der Waals surface area (Å²) < 4.78 is 10.1. The number of nitrogens with zero attached hydrogens (tertiary/aromatic N) is 1. The van der Waals surface area contributed by atoms with Gasteiger partial charge in [0.05, 0.1) is 12.0 Å². The SMILES string of the molecule is NC(=O)c1onc(CCl)c1C(=O)NCC1CCCO1. The first-order valence-corrected chi connectivity index (χ1v) is 6.41. The van der Waals surface area contributed by atoms with Crippen molar-refractivity contribution < 1.29 is 18.8 Å². The first kappa shape index (κ1) is 13.8. The van der Waals surface area contributed by atoms with Crippen molar-refractivity contribution in [3.8, 4) is 0 Å². The second kappa shape index (κ2) is 6.03. The molecule has 2 rings (SSSR count). The summed E-state index contributed by atoms with van der Waals surface area (Å²) >= 11 is 5.64. The maximum Gasteiger partial charge on any atom is 0.288 e. The van der Waals surface area contributed by atoms with Crippen molar-refractivity contribution in [2.75, 3.05) is 13.2 Å². The van der Waals surface area contributed by atoms with Crippen molar-refractivity contribution in [2.24, 2.45) is 5.73 Å². The first-order chi connectivity index (χ1) is 9.13. The standard InChI is InChI=1S/C11H14ClN3O4/c12-4-7-8(9(10(13)16)19-15-7)11(17)14-5-6-2-1-3-18-6/h6H,1-5H2,(H2,13,16)(H,14,17). The van der Waals surface area contributed by atoms with E-state index in [0.29, 0.717) is 13.2 Å². The Labute approximate surface area is 114 Å². The Hall–Kier alpha value is -1.60. The highest BCUT2D eigenvalue weighted by Crippen LogP contribution is 2.16. The molecule has 1 aliphatic rings. The molecule has 19 heavy (non-hydrogen) atoms. The Bertz CT molecular complexity index is 482. The molecule has 7 nitrogen and oxygen atoms in total. The van der Waals surface area contributed by atoms with Gasteiger partial charge in [-0.05, 0) is 12.8 Å². The number of nitrogens with two attached hydrogens (primary N) is 1. The van der Waals surface area contributed by atoms with E-state index >= 15 is 0 Å². The summed E-state index contributed by atoms with van der Waals surface area (Å²) in [5.41, 5.74) is 5.31. The summed E-state index contributed by atoms with van der Waals surface area (Å²) in [7, 11) is 0. The Balaban J connectivity index is 2.08. The molecule has 0 bridgehead atoms. The summed E-state index contributed by atoms with van der Waals surface area (Å²) in [6, 6.07) is 0. The van der Waals surface area contributed by atoms with E-state index in [4.69, 9.17) is 26.6 Å². The Morgan fingerprint density at radius 2 is 2.32 bits per heavy atom. The van der Waals surface area contributed by atoms with E-state index in [0.717, 1.165) is 12.8 Å². The fourth-order valence-electron chi connectivity index (χ4n) is 1.92. The summed E-state index contributed by atoms with van der Waals surface area (Å²) in [4.78, 5) is 23.2.